The Labute approximate surface area is 249 Å². The highest BCUT2D eigenvalue weighted by Crippen LogP contribution is 2.42. The number of amides is 2. The summed E-state index contributed by atoms with van der Waals surface area (Å²) < 4.78 is 25.3. The SMILES string of the molecule is CC(C)(C)OC(=O)N1CC(C(=O)N2CCC(C#N)(Cc3ccc(F)cc3)CC2)Oc2cc(-c3cccnc3)c(Cl)cc21. The van der Waals surface area contributed by atoms with Crippen molar-refractivity contribution in [1.82, 2.24) is 9.88 Å². The second-order valence-electron chi connectivity index (χ2n) is 11.8. The molecule has 10 heteroatoms. The highest BCUT2D eigenvalue weighted by atomic mass is 35.5. The Kier molecular flexibility index (Phi) is 8.11. The van der Waals surface area contributed by atoms with Gasteiger partial charge in [-0.15, -0.1) is 0 Å². The quantitative estimate of drug-likeness (QED) is 0.348. The van der Waals surface area contributed by atoms with Crippen molar-refractivity contribution in [2.45, 2.75) is 51.7 Å². The summed E-state index contributed by atoms with van der Waals surface area (Å²) in [6, 6.07) is 15.6. The average Bonchev–Trinajstić information content (AvgIpc) is 2.97. The van der Waals surface area contributed by atoms with E-state index in [1.54, 1.807) is 68.4 Å². The van der Waals surface area contributed by atoms with Crippen LogP contribution in [0.5, 0.6) is 5.75 Å². The van der Waals surface area contributed by atoms with Gasteiger partial charge in [0.05, 0.1) is 28.7 Å². The van der Waals surface area contributed by atoms with Gasteiger partial charge in [-0.1, -0.05) is 29.8 Å². The van der Waals surface area contributed by atoms with E-state index < -0.39 is 23.2 Å². The predicted octanol–water partition coefficient (Wildman–Crippen LogP) is 6.42. The summed E-state index contributed by atoms with van der Waals surface area (Å²) in [5.41, 5.74) is 1.28. The Balaban J connectivity index is 1.38. The third-order valence-corrected chi connectivity index (χ3v) is 7.86. The summed E-state index contributed by atoms with van der Waals surface area (Å²) in [6.07, 6.45) is 3.13. The zero-order valence-corrected chi connectivity index (χ0v) is 24.5. The van der Waals surface area contributed by atoms with Gasteiger partial charge >= 0.3 is 6.09 Å². The highest BCUT2D eigenvalue weighted by molar-refractivity contribution is 6.33. The molecule has 2 aromatic carbocycles. The fraction of sp³-hybridized carbons (Fsp3) is 0.375. The maximum absolute atomic E-state index is 13.8. The number of ether oxygens (including phenoxy) is 2. The molecule has 0 saturated carbocycles. The Morgan fingerprint density at radius 3 is 2.52 bits per heavy atom. The van der Waals surface area contributed by atoms with Crippen LogP contribution in [0.2, 0.25) is 5.02 Å². The van der Waals surface area contributed by atoms with Gasteiger partial charge in [0.2, 0.25) is 0 Å². The lowest BCUT2D eigenvalue weighted by atomic mass is 9.75. The molecule has 1 unspecified atom stereocenters. The van der Waals surface area contributed by atoms with Gasteiger partial charge in [0.15, 0.2) is 6.10 Å². The molecule has 3 heterocycles. The van der Waals surface area contributed by atoms with Crippen molar-refractivity contribution < 1.29 is 23.5 Å². The van der Waals surface area contributed by atoms with E-state index in [2.05, 4.69) is 11.1 Å². The van der Waals surface area contributed by atoms with Crippen molar-refractivity contribution in [1.29, 1.82) is 5.26 Å². The number of pyridine rings is 1. The molecule has 1 aromatic heterocycles. The first-order valence-corrected chi connectivity index (χ1v) is 14.2. The summed E-state index contributed by atoms with van der Waals surface area (Å²) >= 11 is 6.64. The predicted molar refractivity (Wildman–Crippen MR) is 157 cm³/mol. The van der Waals surface area contributed by atoms with Gasteiger partial charge in [0.25, 0.3) is 5.91 Å². The lowest BCUT2D eigenvalue weighted by molar-refractivity contribution is -0.140. The minimum Gasteiger partial charge on any atom is -0.476 e. The smallest absolute Gasteiger partial charge is 0.415 e. The number of nitrogens with zero attached hydrogens (tertiary/aromatic N) is 4. The molecule has 2 aliphatic rings. The lowest BCUT2D eigenvalue weighted by Crippen LogP contribution is -2.54. The molecular formula is C32H32ClFN4O4. The maximum atomic E-state index is 13.8. The van der Waals surface area contributed by atoms with Crippen LogP contribution < -0.4 is 9.64 Å². The molecule has 0 N–H and O–H groups in total. The lowest BCUT2D eigenvalue weighted by Gasteiger charge is -2.41. The van der Waals surface area contributed by atoms with E-state index in [0.717, 1.165) is 11.1 Å². The number of carbonyl (C=O) groups is 2. The number of fused-ring (bicyclic) bond motifs is 1. The number of carbonyl (C=O) groups excluding carboxylic acids is 2. The van der Waals surface area contributed by atoms with E-state index in [1.165, 1.54) is 17.0 Å². The summed E-state index contributed by atoms with van der Waals surface area (Å²) in [6.45, 7) is 5.97. The van der Waals surface area contributed by atoms with E-state index in [4.69, 9.17) is 21.1 Å². The van der Waals surface area contributed by atoms with Gasteiger partial charge < -0.3 is 14.4 Å². The first kappa shape index (κ1) is 29.3. The number of hydrogen-bond acceptors (Lipinski definition) is 6. The number of nitriles is 1. The molecule has 2 amide bonds. The fourth-order valence-corrected chi connectivity index (χ4v) is 5.61. The zero-order valence-electron chi connectivity index (χ0n) is 23.8. The molecule has 5 rings (SSSR count). The Morgan fingerprint density at radius 1 is 1.19 bits per heavy atom. The van der Waals surface area contributed by atoms with E-state index in [-0.39, 0.29) is 18.3 Å². The van der Waals surface area contributed by atoms with Crippen LogP contribution in [-0.2, 0) is 16.0 Å². The van der Waals surface area contributed by atoms with Gasteiger partial charge in [-0.2, -0.15) is 5.26 Å². The molecule has 0 spiro atoms. The third-order valence-electron chi connectivity index (χ3n) is 7.54. The fourth-order valence-electron chi connectivity index (χ4n) is 5.34. The second-order valence-corrected chi connectivity index (χ2v) is 12.2. The van der Waals surface area contributed by atoms with Crippen LogP contribution in [0, 0.1) is 22.6 Å². The van der Waals surface area contributed by atoms with E-state index in [1.807, 2.05) is 6.07 Å². The van der Waals surface area contributed by atoms with Crippen molar-refractivity contribution in [3.05, 3.63) is 77.3 Å². The minimum atomic E-state index is -0.986. The largest absolute Gasteiger partial charge is 0.476 e. The summed E-state index contributed by atoms with van der Waals surface area (Å²) in [5.74, 6) is -0.275. The standard InChI is InChI=1S/C32H32ClFN4O4/c1-31(2,3)42-30(40)38-19-28(41-27-15-24(25(33)16-26(27)38)22-5-4-12-36-18-22)29(39)37-13-10-32(20-35,11-14-37)17-21-6-8-23(34)9-7-21/h4-9,12,15-16,18,28H,10-11,13-14,17,19H2,1-3H3. The molecule has 0 radical (unpaired) electrons. The van der Waals surface area contributed by atoms with Gasteiger partial charge in [0.1, 0.15) is 17.2 Å². The first-order valence-electron chi connectivity index (χ1n) is 13.8. The number of likely N-dealkylation sites (tertiary alicyclic amines) is 1. The van der Waals surface area contributed by atoms with Crippen molar-refractivity contribution in [2.75, 3.05) is 24.5 Å². The van der Waals surface area contributed by atoms with Crippen molar-refractivity contribution in [3.63, 3.8) is 0 Å². The van der Waals surface area contributed by atoms with Crippen LogP contribution >= 0.6 is 11.6 Å². The molecule has 8 nitrogen and oxygen atoms in total. The molecule has 3 aromatic rings. The summed E-state index contributed by atoms with van der Waals surface area (Å²) in [4.78, 5) is 34.4. The minimum absolute atomic E-state index is 0.0568. The average molecular weight is 591 g/mol. The van der Waals surface area contributed by atoms with Gasteiger partial charge in [-0.25, -0.2) is 9.18 Å². The molecule has 0 bridgehead atoms. The molecule has 1 atom stereocenters. The highest BCUT2D eigenvalue weighted by Gasteiger charge is 2.42. The topological polar surface area (TPSA) is 95.8 Å². The number of halogens is 2. The van der Waals surface area contributed by atoms with Crippen molar-refractivity contribution in [2.24, 2.45) is 5.41 Å². The molecule has 1 fully saturated rings. The second kappa shape index (κ2) is 11.6. The number of rotatable bonds is 4. The van der Waals surface area contributed by atoms with Gasteiger partial charge in [-0.3, -0.25) is 14.7 Å². The van der Waals surface area contributed by atoms with Crippen LogP contribution in [0.3, 0.4) is 0 Å². The summed E-state index contributed by atoms with van der Waals surface area (Å²) in [5, 5.41) is 10.4. The third kappa shape index (κ3) is 6.34. The number of hydrogen-bond donors (Lipinski definition) is 0. The van der Waals surface area contributed by atoms with Crippen LogP contribution in [-0.4, -0.2) is 53.2 Å². The molecule has 0 aliphatic carbocycles. The number of anilines is 1. The summed E-state index contributed by atoms with van der Waals surface area (Å²) in [7, 11) is 0. The zero-order chi connectivity index (χ0) is 30.1. The Hall–Kier alpha value is -4.16. The van der Waals surface area contributed by atoms with E-state index in [0.29, 0.717) is 54.4 Å². The molecule has 1 saturated heterocycles. The molecule has 2 aliphatic heterocycles. The number of aromatic nitrogens is 1. The number of piperidine rings is 1. The van der Waals surface area contributed by atoms with Crippen LogP contribution in [0.15, 0.2) is 60.9 Å². The number of benzene rings is 2. The van der Waals surface area contributed by atoms with Crippen LogP contribution in [0.25, 0.3) is 11.1 Å². The van der Waals surface area contributed by atoms with Crippen LogP contribution in [0.4, 0.5) is 14.9 Å². The van der Waals surface area contributed by atoms with Crippen molar-refractivity contribution in [3.8, 4) is 22.9 Å². The Bertz CT molecular complexity index is 1510. The molecular weight excluding hydrogens is 559 g/mol. The van der Waals surface area contributed by atoms with E-state index in [9.17, 15) is 19.2 Å². The van der Waals surface area contributed by atoms with Crippen LogP contribution in [0.1, 0.15) is 39.2 Å². The van der Waals surface area contributed by atoms with Gasteiger partial charge in [0, 0.05) is 36.6 Å². The van der Waals surface area contributed by atoms with Crippen molar-refractivity contribution >= 4 is 29.3 Å². The maximum Gasteiger partial charge on any atom is 0.415 e. The van der Waals surface area contributed by atoms with Gasteiger partial charge in [-0.05, 0) is 75.9 Å². The first-order chi connectivity index (χ1) is 20.0. The normalized spacial score (nSPS) is 18.0. The monoisotopic (exact) mass is 590 g/mol. The van der Waals surface area contributed by atoms with E-state index >= 15 is 0 Å². The molecule has 218 valence electrons. The Morgan fingerprint density at radius 2 is 1.90 bits per heavy atom. The molecule has 42 heavy (non-hydrogen) atoms.